The summed E-state index contributed by atoms with van der Waals surface area (Å²) in [5.74, 6) is 0.795. The predicted octanol–water partition coefficient (Wildman–Crippen LogP) is 3.51. The van der Waals surface area contributed by atoms with E-state index in [1.54, 1.807) is 17.8 Å². The third-order valence-corrected chi connectivity index (χ3v) is 4.81. The molecule has 0 aliphatic carbocycles. The first-order valence-electron chi connectivity index (χ1n) is 5.23. The number of nitrogens with zero attached hydrogens (tertiary/aromatic N) is 2. The van der Waals surface area contributed by atoms with Gasteiger partial charge in [-0.3, -0.25) is 10.1 Å². The Morgan fingerprint density at radius 1 is 1.44 bits per heavy atom. The SMILES string of the molecule is CCSc1nnc(NC(=O)c2ccccc2I)s1. The second-order valence-corrected chi connectivity index (χ2v) is 6.89. The fourth-order valence-electron chi connectivity index (χ4n) is 1.25. The molecule has 4 nitrogen and oxygen atoms in total. The van der Waals surface area contributed by atoms with Gasteiger partial charge in [0.2, 0.25) is 5.13 Å². The largest absolute Gasteiger partial charge is 0.296 e. The fourth-order valence-corrected chi connectivity index (χ4v) is 3.53. The minimum atomic E-state index is -0.149. The zero-order chi connectivity index (χ0) is 13.0. The minimum absolute atomic E-state index is 0.149. The summed E-state index contributed by atoms with van der Waals surface area (Å²) in [7, 11) is 0. The number of aromatic nitrogens is 2. The highest BCUT2D eigenvalue weighted by Gasteiger charge is 2.12. The average molecular weight is 391 g/mol. The van der Waals surface area contributed by atoms with Gasteiger partial charge in [0.05, 0.1) is 5.56 Å². The summed E-state index contributed by atoms with van der Waals surface area (Å²) in [6.45, 7) is 2.05. The van der Waals surface area contributed by atoms with Crippen LogP contribution in [-0.2, 0) is 0 Å². The molecule has 0 saturated heterocycles. The normalized spacial score (nSPS) is 10.3. The van der Waals surface area contributed by atoms with Crippen molar-refractivity contribution < 1.29 is 4.79 Å². The lowest BCUT2D eigenvalue weighted by atomic mass is 10.2. The summed E-state index contributed by atoms with van der Waals surface area (Å²) in [5.41, 5.74) is 0.651. The molecule has 1 heterocycles. The molecule has 0 aliphatic heterocycles. The van der Waals surface area contributed by atoms with E-state index in [0.29, 0.717) is 10.7 Å². The number of nitrogens with one attached hydrogen (secondary N) is 1. The van der Waals surface area contributed by atoms with E-state index in [0.717, 1.165) is 13.7 Å². The van der Waals surface area contributed by atoms with Crippen LogP contribution in [0.1, 0.15) is 17.3 Å². The van der Waals surface area contributed by atoms with Crippen molar-refractivity contribution in [2.24, 2.45) is 0 Å². The van der Waals surface area contributed by atoms with E-state index in [9.17, 15) is 4.79 Å². The van der Waals surface area contributed by atoms with E-state index >= 15 is 0 Å². The van der Waals surface area contributed by atoms with Crippen LogP contribution < -0.4 is 5.32 Å². The zero-order valence-corrected chi connectivity index (χ0v) is 13.3. The summed E-state index contributed by atoms with van der Waals surface area (Å²) >= 11 is 5.15. The number of hydrogen-bond donors (Lipinski definition) is 1. The Morgan fingerprint density at radius 2 is 2.22 bits per heavy atom. The summed E-state index contributed by atoms with van der Waals surface area (Å²) in [5, 5.41) is 11.2. The van der Waals surface area contributed by atoms with E-state index in [-0.39, 0.29) is 5.91 Å². The number of halogens is 1. The van der Waals surface area contributed by atoms with Gasteiger partial charge in [-0.15, -0.1) is 10.2 Å². The molecule has 2 aromatic rings. The maximum atomic E-state index is 12.0. The van der Waals surface area contributed by atoms with Crippen LogP contribution in [0.5, 0.6) is 0 Å². The number of carbonyl (C=O) groups excluding carboxylic acids is 1. The number of hydrogen-bond acceptors (Lipinski definition) is 5. The Hall–Kier alpha value is -0.670. The van der Waals surface area contributed by atoms with E-state index in [4.69, 9.17) is 0 Å². The van der Waals surface area contributed by atoms with Crippen LogP contribution in [0.3, 0.4) is 0 Å². The molecular weight excluding hydrogens is 381 g/mol. The molecule has 7 heteroatoms. The van der Waals surface area contributed by atoms with Crippen molar-refractivity contribution in [3.05, 3.63) is 33.4 Å². The molecule has 0 atom stereocenters. The van der Waals surface area contributed by atoms with Crippen molar-refractivity contribution >= 4 is 56.7 Å². The van der Waals surface area contributed by atoms with Crippen LogP contribution >= 0.6 is 45.7 Å². The Labute approximate surface area is 127 Å². The molecule has 1 amide bonds. The fraction of sp³-hybridized carbons (Fsp3) is 0.182. The van der Waals surface area contributed by atoms with Gasteiger partial charge in [0.25, 0.3) is 5.91 Å². The van der Waals surface area contributed by atoms with Crippen LogP contribution in [0.2, 0.25) is 0 Å². The van der Waals surface area contributed by atoms with Gasteiger partial charge in [-0.2, -0.15) is 0 Å². The molecule has 0 unspecified atom stereocenters. The van der Waals surface area contributed by atoms with Crippen molar-refractivity contribution in [1.29, 1.82) is 0 Å². The topological polar surface area (TPSA) is 54.9 Å². The van der Waals surface area contributed by atoms with Gasteiger partial charge in [-0.05, 0) is 40.5 Å². The molecule has 1 aromatic heterocycles. The minimum Gasteiger partial charge on any atom is -0.296 e. The summed E-state index contributed by atoms with van der Waals surface area (Å²) in [6, 6.07) is 7.43. The van der Waals surface area contributed by atoms with E-state index in [2.05, 4.69) is 45.0 Å². The average Bonchev–Trinajstić information content (AvgIpc) is 2.77. The van der Waals surface area contributed by atoms with Gasteiger partial charge in [-0.25, -0.2) is 0 Å². The lowest BCUT2D eigenvalue weighted by Crippen LogP contribution is -2.13. The van der Waals surface area contributed by atoms with Crippen LogP contribution in [0, 0.1) is 3.57 Å². The molecule has 1 aromatic carbocycles. The number of thioether (sulfide) groups is 1. The first-order chi connectivity index (χ1) is 8.70. The highest BCUT2D eigenvalue weighted by atomic mass is 127. The Kier molecular flexibility index (Phi) is 4.95. The highest BCUT2D eigenvalue weighted by molar-refractivity contribution is 14.1. The van der Waals surface area contributed by atoms with E-state index in [1.807, 2.05) is 18.2 Å². The molecule has 0 fully saturated rings. The second-order valence-electron chi connectivity index (χ2n) is 3.24. The van der Waals surface area contributed by atoms with E-state index in [1.165, 1.54) is 11.3 Å². The van der Waals surface area contributed by atoms with Gasteiger partial charge in [0.15, 0.2) is 4.34 Å². The molecule has 0 spiro atoms. The smallest absolute Gasteiger partial charge is 0.258 e. The van der Waals surface area contributed by atoms with E-state index < -0.39 is 0 Å². The van der Waals surface area contributed by atoms with Gasteiger partial charge in [0.1, 0.15) is 0 Å². The molecule has 2 rings (SSSR count). The number of anilines is 1. The van der Waals surface area contributed by atoms with Crippen molar-refractivity contribution in [3.63, 3.8) is 0 Å². The zero-order valence-electron chi connectivity index (χ0n) is 9.51. The van der Waals surface area contributed by atoms with Gasteiger partial charge in [0, 0.05) is 3.57 Å². The van der Waals surface area contributed by atoms with Crippen molar-refractivity contribution in [2.45, 2.75) is 11.3 Å². The summed E-state index contributed by atoms with van der Waals surface area (Å²) < 4.78 is 1.79. The lowest BCUT2D eigenvalue weighted by Gasteiger charge is -2.02. The third kappa shape index (κ3) is 3.42. The van der Waals surface area contributed by atoms with Gasteiger partial charge >= 0.3 is 0 Å². The number of rotatable bonds is 4. The first-order valence-corrected chi connectivity index (χ1v) is 8.11. The van der Waals surface area contributed by atoms with Crippen molar-refractivity contribution in [1.82, 2.24) is 10.2 Å². The molecule has 1 N–H and O–H groups in total. The number of carbonyl (C=O) groups is 1. The molecule has 94 valence electrons. The van der Waals surface area contributed by atoms with Gasteiger partial charge in [-0.1, -0.05) is 42.2 Å². The second kappa shape index (κ2) is 6.48. The maximum absolute atomic E-state index is 12.0. The molecule has 0 saturated carbocycles. The first kappa shape index (κ1) is 13.8. The molecule has 18 heavy (non-hydrogen) atoms. The van der Waals surface area contributed by atoms with Crippen LogP contribution in [0.4, 0.5) is 5.13 Å². The van der Waals surface area contributed by atoms with Gasteiger partial charge < -0.3 is 0 Å². The monoisotopic (exact) mass is 391 g/mol. The molecule has 0 aliphatic rings. The van der Waals surface area contributed by atoms with Crippen molar-refractivity contribution in [2.75, 3.05) is 11.1 Å². The summed E-state index contributed by atoms with van der Waals surface area (Å²) in [6.07, 6.45) is 0. The van der Waals surface area contributed by atoms with Crippen molar-refractivity contribution in [3.8, 4) is 0 Å². The highest BCUT2D eigenvalue weighted by Crippen LogP contribution is 2.25. The predicted molar refractivity (Wildman–Crippen MR) is 83.4 cm³/mol. The Morgan fingerprint density at radius 3 is 2.94 bits per heavy atom. The van der Waals surface area contributed by atoms with Crippen LogP contribution in [0.25, 0.3) is 0 Å². The number of amides is 1. The maximum Gasteiger partial charge on any atom is 0.258 e. The summed E-state index contributed by atoms with van der Waals surface area (Å²) in [4.78, 5) is 12.0. The quantitative estimate of drug-likeness (QED) is 0.493. The molecule has 0 radical (unpaired) electrons. The Bertz CT molecular complexity index is 559. The lowest BCUT2D eigenvalue weighted by molar-refractivity contribution is 0.102. The third-order valence-electron chi connectivity index (χ3n) is 2.01. The molecule has 0 bridgehead atoms. The van der Waals surface area contributed by atoms with Crippen LogP contribution in [0.15, 0.2) is 28.6 Å². The number of benzene rings is 1. The Balaban J connectivity index is 2.09. The standard InChI is InChI=1S/C11H10IN3OS2/c1-2-17-11-15-14-10(18-11)13-9(16)7-5-3-4-6-8(7)12/h3-6H,2H2,1H3,(H,13,14,16). The van der Waals surface area contributed by atoms with Crippen LogP contribution in [-0.4, -0.2) is 21.9 Å². The molecular formula is C11H10IN3OS2.